The summed E-state index contributed by atoms with van der Waals surface area (Å²) in [5, 5.41) is 7.70. The molecule has 2 amide bonds. The van der Waals surface area contributed by atoms with Gasteiger partial charge in [0.25, 0.3) is 0 Å². The zero-order valence-electron chi connectivity index (χ0n) is 10.5. The van der Waals surface area contributed by atoms with Gasteiger partial charge in [0, 0.05) is 27.2 Å². The molecule has 0 aromatic carbocycles. The summed E-state index contributed by atoms with van der Waals surface area (Å²) in [5.41, 5.74) is 0. The average molecular weight is 343 g/mol. The van der Waals surface area contributed by atoms with E-state index in [1.807, 2.05) is 30.5 Å². The van der Waals surface area contributed by atoms with Gasteiger partial charge in [-0.2, -0.15) is 0 Å². The number of amides is 2. The van der Waals surface area contributed by atoms with Crippen molar-refractivity contribution in [2.24, 2.45) is 0 Å². The molecule has 2 aromatic heterocycles. The Morgan fingerprint density at radius 3 is 3.05 bits per heavy atom. The molecule has 0 spiro atoms. The van der Waals surface area contributed by atoms with Gasteiger partial charge in [0.15, 0.2) is 0 Å². The third kappa shape index (κ3) is 4.72. The Hall–Kier alpha value is -1.27. The molecule has 2 rings (SSSR count). The van der Waals surface area contributed by atoms with Gasteiger partial charge in [0.05, 0.1) is 12.8 Å². The first-order chi connectivity index (χ1) is 9.13. The number of hydrogen-bond acceptors (Lipinski definition) is 3. The highest BCUT2D eigenvalue weighted by atomic mass is 79.9. The number of nitrogens with one attached hydrogen (secondary N) is 2. The SMILES string of the molecule is C[C@H](Cc1ccco1)NC(=O)NCc1cc(Br)cs1. The molecule has 19 heavy (non-hydrogen) atoms. The van der Waals surface area contributed by atoms with E-state index in [4.69, 9.17) is 4.42 Å². The highest BCUT2D eigenvalue weighted by Gasteiger charge is 2.09. The zero-order chi connectivity index (χ0) is 13.7. The number of halogens is 1. The molecule has 102 valence electrons. The molecule has 2 aromatic rings. The lowest BCUT2D eigenvalue weighted by Crippen LogP contribution is -2.41. The van der Waals surface area contributed by atoms with E-state index in [1.165, 1.54) is 0 Å². The highest BCUT2D eigenvalue weighted by molar-refractivity contribution is 9.10. The number of furan rings is 1. The summed E-state index contributed by atoms with van der Waals surface area (Å²) < 4.78 is 6.29. The Morgan fingerprint density at radius 2 is 2.42 bits per heavy atom. The van der Waals surface area contributed by atoms with Gasteiger partial charge in [-0.15, -0.1) is 11.3 Å². The number of carbonyl (C=O) groups is 1. The van der Waals surface area contributed by atoms with Crippen LogP contribution in [0, 0.1) is 0 Å². The monoisotopic (exact) mass is 342 g/mol. The molecule has 6 heteroatoms. The van der Waals surface area contributed by atoms with Crippen molar-refractivity contribution < 1.29 is 9.21 Å². The number of rotatable bonds is 5. The number of urea groups is 1. The van der Waals surface area contributed by atoms with Crippen molar-refractivity contribution in [3.05, 3.63) is 45.0 Å². The first-order valence-corrected chi connectivity index (χ1v) is 7.60. The standard InChI is InChI=1S/C13H15BrN2O2S/c1-9(5-11-3-2-4-18-11)16-13(17)15-7-12-6-10(14)8-19-12/h2-4,6,8-9H,5,7H2,1H3,(H2,15,16,17)/t9-/m1/s1. The van der Waals surface area contributed by atoms with E-state index in [-0.39, 0.29) is 12.1 Å². The van der Waals surface area contributed by atoms with E-state index in [2.05, 4.69) is 26.6 Å². The van der Waals surface area contributed by atoms with Crippen LogP contribution in [0.1, 0.15) is 17.6 Å². The molecule has 1 atom stereocenters. The maximum Gasteiger partial charge on any atom is 0.315 e. The van der Waals surface area contributed by atoms with Crippen molar-refractivity contribution in [1.82, 2.24) is 10.6 Å². The van der Waals surface area contributed by atoms with Crippen molar-refractivity contribution in [2.75, 3.05) is 0 Å². The molecule has 0 aliphatic rings. The van der Waals surface area contributed by atoms with Crippen molar-refractivity contribution in [3.8, 4) is 0 Å². The summed E-state index contributed by atoms with van der Waals surface area (Å²) in [6.45, 7) is 2.49. The minimum absolute atomic E-state index is 0.0289. The second-order valence-electron chi connectivity index (χ2n) is 4.24. The first kappa shape index (κ1) is 14.1. The van der Waals surface area contributed by atoms with Crippen LogP contribution in [0.3, 0.4) is 0 Å². The van der Waals surface area contributed by atoms with E-state index in [9.17, 15) is 4.79 Å². The Balaban J connectivity index is 1.71. The number of hydrogen-bond donors (Lipinski definition) is 2. The van der Waals surface area contributed by atoms with E-state index in [0.29, 0.717) is 13.0 Å². The third-order valence-corrected chi connectivity index (χ3v) is 4.21. The maximum atomic E-state index is 11.7. The fraction of sp³-hybridized carbons (Fsp3) is 0.308. The zero-order valence-corrected chi connectivity index (χ0v) is 12.9. The fourth-order valence-corrected chi connectivity index (χ4v) is 3.06. The minimum Gasteiger partial charge on any atom is -0.469 e. The smallest absolute Gasteiger partial charge is 0.315 e. The molecule has 0 aliphatic carbocycles. The van der Waals surface area contributed by atoms with Crippen LogP contribution in [0.4, 0.5) is 4.79 Å². The molecule has 2 heterocycles. The molecule has 2 N–H and O–H groups in total. The molecular weight excluding hydrogens is 328 g/mol. The van der Waals surface area contributed by atoms with Gasteiger partial charge in [-0.25, -0.2) is 4.79 Å². The van der Waals surface area contributed by atoms with Gasteiger partial charge in [0.2, 0.25) is 0 Å². The Kier molecular flexibility index (Phi) is 5.04. The van der Waals surface area contributed by atoms with Crippen molar-refractivity contribution >= 4 is 33.3 Å². The Morgan fingerprint density at radius 1 is 1.58 bits per heavy atom. The van der Waals surface area contributed by atoms with Gasteiger partial charge in [-0.05, 0) is 41.1 Å². The largest absolute Gasteiger partial charge is 0.469 e. The minimum atomic E-state index is -0.163. The van der Waals surface area contributed by atoms with E-state index < -0.39 is 0 Å². The number of carbonyl (C=O) groups excluding carboxylic acids is 1. The van der Waals surface area contributed by atoms with E-state index in [0.717, 1.165) is 15.1 Å². The van der Waals surface area contributed by atoms with Gasteiger partial charge >= 0.3 is 6.03 Å². The normalized spacial score (nSPS) is 12.1. The van der Waals surface area contributed by atoms with Gasteiger partial charge in [-0.1, -0.05) is 0 Å². The lowest BCUT2D eigenvalue weighted by molar-refractivity contribution is 0.237. The lowest BCUT2D eigenvalue weighted by Gasteiger charge is -2.13. The molecule has 0 unspecified atom stereocenters. The van der Waals surface area contributed by atoms with Crippen LogP contribution >= 0.6 is 27.3 Å². The summed E-state index contributed by atoms with van der Waals surface area (Å²) in [5.74, 6) is 0.870. The number of thiophene rings is 1. The van der Waals surface area contributed by atoms with Gasteiger partial charge in [0.1, 0.15) is 5.76 Å². The van der Waals surface area contributed by atoms with Crippen LogP contribution in [0.5, 0.6) is 0 Å². The van der Waals surface area contributed by atoms with Crippen molar-refractivity contribution in [2.45, 2.75) is 25.9 Å². The molecule has 4 nitrogen and oxygen atoms in total. The Bertz CT molecular complexity index is 524. The highest BCUT2D eigenvalue weighted by Crippen LogP contribution is 2.19. The van der Waals surface area contributed by atoms with Crippen LogP contribution in [-0.4, -0.2) is 12.1 Å². The lowest BCUT2D eigenvalue weighted by atomic mass is 10.2. The maximum absolute atomic E-state index is 11.7. The molecule has 0 radical (unpaired) electrons. The topological polar surface area (TPSA) is 54.3 Å². The molecular formula is C13H15BrN2O2S. The summed E-state index contributed by atoms with van der Waals surface area (Å²) in [7, 11) is 0. The van der Waals surface area contributed by atoms with E-state index >= 15 is 0 Å². The first-order valence-electron chi connectivity index (χ1n) is 5.93. The predicted octanol–water partition coefficient (Wildman–Crippen LogP) is 3.53. The van der Waals surface area contributed by atoms with Crippen molar-refractivity contribution in [1.29, 1.82) is 0 Å². The third-order valence-electron chi connectivity index (χ3n) is 2.51. The summed E-state index contributed by atoms with van der Waals surface area (Å²) >= 11 is 4.99. The fourth-order valence-electron chi connectivity index (χ4n) is 1.67. The second kappa shape index (κ2) is 6.77. The van der Waals surface area contributed by atoms with Crippen LogP contribution in [0.2, 0.25) is 0 Å². The van der Waals surface area contributed by atoms with Crippen LogP contribution in [0.25, 0.3) is 0 Å². The Labute approximate surface area is 124 Å². The predicted molar refractivity (Wildman–Crippen MR) is 79.3 cm³/mol. The van der Waals surface area contributed by atoms with Gasteiger partial charge < -0.3 is 15.1 Å². The summed E-state index contributed by atoms with van der Waals surface area (Å²) in [6, 6.07) is 5.61. The molecule has 0 bridgehead atoms. The van der Waals surface area contributed by atoms with Gasteiger partial charge in [-0.3, -0.25) is 0 Å². The van der Waals surface area contributed by atoms with Crippen LogP contribution < -0.4 is 10.6 Å². The molecule has 0 saturated heterocycles. The van der Waals surface area contributed by atoms with Crippen molar-refractivity contribution in [3.63, 3.8) is 0 Å². The van der Waals surface area contributed by atoms with Crippen LogP contribution in [0.15, 0.2) is 38.7 Å². The summed E-state index contributed by atoms with van der Waals surface area (Å²) in [4.78, 5) is 12.8. The van der Waals surface area contributed by atoms with E-state index in [1.54, 1.807) is 17.6 Å². The molecule has 0 fully saturated rings. The molecule has 0 aliphatic heterocycles. The van der Waals surface area contributed by atoms with Crippen LogP contribution in [-0.2, 0) is 13.0 Å². The molecule has 0 saturated carbocycles. The second-order valence-corrected chi connectivity index (χ2v) is 6.15. The average Bonchev–Trinajstić information content (AvgIpc) is 2.98. The summed E-state index contributed by atoms with van der Waals surface area (Å²) in [6.07, 6.45) is 2.32. The quantitative estimate of drug-likeness (QED) is 0.873.